The van der Waals surface area contributed by atoms with Gasteiger partial charge in [0.15, 0.2) is 10.9 Å². The molecule has 102 valence electrons. The standard InChI is InChI=1S/C14H18N2O2S/c1-4-14(10-8-6-5-7-9-10)11(17)15-13(19-3)16(2)12(14)18/h5-9,13H,4H2,1-3H3,(H,15,17). The van der Waals surface area contributed by atoms with Crippen LogP contribution in [0.2, 0.25) is 0 Å². The number of likely N-dealkylation sites (N-methyl/N-ethyl adjacent to an activating group) is 1. The third kappa shape index (κ3) is 2.02. The number of rotatable bonds is 3. The molecule has 0 aromatic heterocycles. The first-order valence-corrected chi connectivity index (χ1v) is 7.53. The summed E-state index contributed by atoms with van der Waals surface area (Å²) in [5, 5.41) is 2.92. The van der Waals surface area contributed by atoms with Crippen molar-refractivity contribution in [3.05, 3.63) is 35.9 Å². The minimum Gasteiger partial charge on any atom is -0.326 e. The number of thioether (sulfide) groups is 1. The molecule has 19 heavy (non-hydrogen) atoms. The summed E-state index contributed by atoms with van der Waals surface area (Å²) in [6, 6.07) is 9.27. The van der Waals surface area contributed by atoms with E-state index in [1.807, 2.05) is 43.5 Å². The zero-order chi connectivity index (χ0) is 14.0. The van der Waals surface area contributed by atoms with Crippen LogP contribution in [0.3, 0.4) is 0 Å². The molecule has 1 heterocycles. The maximum atomic E-state index is 12.7. The smallest absolute Gasteiger partial charge is 0.244 e. The number of amides is 2. The summed E-state index contributed by atoms with van der Waals surface area (Å²) in [7, 11) is 1.73. The van der Waals surface area contributed by atoms with Crippen molar-refractivity contribution >= 4 is 23.6 Å². The summed E-state index contributed by atoms with van der Waals surface area (Å²) in [4.78, 5) is 26.8. The van der Waals surface area contributed by atoms with Crippen LogP contribution < -0.4 is 5.32 Å². The first kappa shape index (κ1) is 13.9. The summed E-state index contributed by atoms with van der Waals surface area (Å²) in [6.45, 7) is 1.87. The van der Waals surface area contributed by atoms with E-state index in [2.05, 4.69) is 5.32 Å². The Morgan fingerprint density at radius 3 is 2.47 bits per heavy atom. The van der Waals surface area contributed by atoms with E-state index in [4.69, 9.17) is 0 Å². The Balaban J connectivity index is 2.51. The van der Waals surface area contributed by atoms with E-state index in [0.717, 1.165) is 5.56 Å². The van der Waals surface area contributed by atoms with E-state index >= 15 is 0 Å². The summed E-state index contributed by atoms with van der Waals surface area (Å²) < 4.78 is 0. The van der Waals surface area contributed by atoms with E-state index in [1.54, 1.807) is 11.9 Å². The van der Waals surface area contributed by atoms with Crippen molar-refractivity contribution in [3.63, 3.8) is 0 Å². The van der Waals surface area contributed by atoms with Gasteiger partial charge in [-0.1, -0.05) is 37.3 Å². The fraction of sp³-hybridized carbons (Fsp3) is 0.429. The van der Waals surface area contributed by atoms with Gasteiger partial charge in [-0.3, -0.25) is 9.59 Å². The second-order valence-electron chi connectivity index (χ2n) is 4.60. The number of benzene rings is 1. The van der Waals surface area contributed by atoms with Crippen LogP contribution in [0.25, 0.3) is 0 Å². The highest BCUT2D eigenvalue weighted by molar-refractivity contribution is 7.99. The molecule has 1 aliphatic rings. The molecule has 2 unspecified atom stereocenters. The maximum absolute atomic E-state index is 12.7. The predicted molar refractivity (Wildman–Crippen MR) is 76.6 cm³/mol. The Morgan fingerprint density at radius 1 is 1.32 bits per heavy atom. The molecule has 1 aliphatic heterocycles. The van der Waals surface area contributed by atoms with Gasteiger partial charge in [0.25, 0.3) is 0 Å². The quantitative estimate of drug-likeness (QED) is 0.854. The number of hydrogen-bond acceptors (Lipinski definition) is 3. The van der Waals surface area contributed by atoms with Crippen molar-refractivity contribution in [1.82, 2.24) is 10.2 Å². The second-order valence-corrected chi connectivity index (χ2v) is 5.52. The van der Waals surface area contributed by atoms with Gasteiger partial charge >= 0.3 is 0 Å². The predicted octanol–water partition coefficient (Wildman–Crippen LogP) is 1.57. The van der Waals surface area contributed by atoms with Gasteiger partial charge in [-0.15, -0.1) is 11.8 Å². The molecule has 1 fully saturated rings. The van der Waals surface area contributed by atoms with Crippen molar-refractivity contribution in [3.8, 4) is 0 Å². The SMILES string of the molecule is CCC1(c2ccccc2)C(=O)NC(SC)N(C)C1=O. The van der Waals surface area contributed by atoms with Crippen LogP contribution in [0, 0.1) is 0 Å². The molecule has 0 radical (unpaired) electrons. The molecule has 2 rings (SSSR count). The Labute approximate surface area is 117 Å². The molecule has 2 amide bonds. The van der Waals surface area contributed by atoms with Crippen LogP contribution in [0.15, 0.2) is 30.3 Å². The monoisotopic (exact) mass is 278 g/mol. The molecule has 5 heteroatoms. The fourth-order valence-electron chi connectivity index (χ4n) is 2.55. The maximum Gasteiger partial charge on any atom is 0.244 e. The minimum absolute atomic E-state index is 0.135. The van der Waals surface area contributed by atoms with Gasteiger partial charge in [0, 0.05) is 7.05 Å². The molecule has 2 atom stereocenters. The van der Waals surface area contributed by atoms with Crippen molar-refractivity contribution in [1.29, 1.82) is 0 Å². The lowest BCUT2D eigenvalue weighted by atomic mass is 9.75. The first-order chi connectivity index (χ1) is 9.07. The van der Waals surface area contributed by atoms with Crippen LogP contribution in [-0.4, -0.2) is 35.5 Å². The largest absolute Gasteiger partial charge is 0.326 e. The van der Waals surface area contributed by atoms with E-state index < -0.39 is 5.41 Å². The summed E-state index contributed by atoms with van der Waals surface area (Å²) in [5.74, 6) is -0.340. The normalized spacial score (nSPS) is 27.3. The lowest BCUT2D eigenvalue weighted by Gasteiger charge is -2.43. The molecule has 4 nitrogen and oxygen atoms in total. The molecule has 0 saturated carbocycles. The molecule has 1 aromatic carbocycles. The lowest BCUT2D eigenvalue weighted by molar-refractivity contribution is -0.150. The fourth-order valence-corrected chi connectivity index (χ4v) is 3.18. The van der Waals surface area contributed by atoms with Gasteiger partial charge in [-0.2, -0.15) is 0 Å². The van der Waals surface area contributed by atoms with Crippen molar-refractivity contribution in [2.24, 2.45) is 0 Å². The van der Waals surface area contributed by atoms with Crippen molar-refractivity contribution in [2.45, 2.75) is 24.3 Å². The topological polar surface area (TPSA) is 49.4 Å². The molecule has 0 bridgehead atoms. The number of carbonyl (C=O) groups excluding carboxylic acids is 2. The number of carbonyl (C=O) groups is 2. The molecular weight excluding hydrogens is 260 g/mol. The van der Waals surface area contributed by atoms with Crippen LogP contribution in [-0.2, 0) is 15.0 Å². The van der Waals surface area contributed by atoms with E-state index in [-0.39, 0.29) is 17.3 Å². The highest BCUT2D eigenvalue weighted by Crippen LogP contribution is 2.35. The first-order valence-electron chi connectivity index (χ1n) is 6.24. The number of nitrogens with one attached hydrogen (secondary N) is 1. The van der Waals surface area contributed by atoms with E-state index in [1.165, 1.54) is 11.8 Å². The number of nitrogens with zero attached hydrogens (tertiary/aromatic N) is 1. The molecule has 0 aliphatic carbocycles. The highest BCUT2D eigenvalue weighted by atomic mass is 32.2. The highest BCUT2D eigenvalue weighted by Gasteiger charge is 2.52. The molecule has 1 N–H and O–H groups in total. The van der Waals surface area contributed by atoms with Gasteiger partial charge < -0.3 is 10.2 Å². The van der Waals surface area contributed by atoms with Gasteiger partial charge in [-0.25, -0.2) is 0 Å². The average Bonchev–Trinajstić information content (AvgIpc) is 2.45. The third-order valence-electron chi connectivity index (χ3n) is 3.70. The van der Waals surface area contributed by atoms with Crippen LogP contribution >= 0.6 is 11.8 Å². The van der Waals surface area contributed by atoms with Crippen molar-refractivity contribution in [2.75, 3.05) is 13.3 Å². The summed E-state index contributed by atoms with van der Waals surface area (Å²) >= 11 is 1.44. The van der Waals surface area contributed by atoms with E-state index in [9.17, 15) is 9.59 Å². The van der Waals surface area contributed by atoms with Gasteiger partial charge in [0.05, 0.1) is 0 Å². The minimum atomic E-state index is -1.09. The Kier molecular flexibility index (Phi) is 3.85. The number of hydrogen-bond donors (Lipinski definition) is 1. The zero-order valence-electron chi connectivity index (χ0n) is 11.3. The molecular formula is C14H18N2O2S. The summed E-state index contributed by atoms with van der Waals surface area (Å²) in [5.41, 5.74) is -0.628. The molecule has 1 saturated heterocycles. The van der Waals surface area contributed by atoms with Crippen LogP contribution in [0.1, 0.15) is 18.9 Å². The lowest BCUT2D eigenvalue weighted by Crippen LogP contribution is -2.66. The van der Waals surface area contributed by atoms with Gasteiger partial charge in [0.2, 0.25) is 11.8 Å². The second kappa shape index (κ2) is 5.25. The van der Waals surface area contributed by atoms with Gasteiger partial charge in [0.1, 0.15) is 0 Å². The molecule has 0 spiro atoms. The Morgan fingerprint density at radius 2 is 1.95 bits per heavy atom. The third-order valence-corrected chi connectivity index (χ3v) is 4.58. The summed E-state index contributed by atoms with van der Waals surface area (Å²) in [6.07, 6.45) is 2.32. The Hall–Kier alpha value is -1.49. The van der Waals surface area contributed by atoms with Crippen LogP contribution in [0.5, 0.6) is 0 Å². The van der Waals surface area contributed by atoms with Gasteiger partial charge in [-0.05, 0) is 18.2 Å². The Bertz CT molecular complexity index is 491. The van der Waals surface area contributed by atoms with Crippen molar-refractivity contribution < 1.29 is 9.59 Å². The average molecular weight is 278 g/mol. The zero-order valence-corrected chi connectivity index (χ0v) is 12.2. The van der Waals surface area contributed by atoms with Crippen LogP contribution in [0.4, 0.5) is 0 Å². The molecule has 1 aromatic rings. The van der Waals surface area contributed by atoms with E-state index in [0.29, 0.717) is 6.42 Å².